The lowest BCUT2D eigenvalue weighted by molar-refractivity contribution is 0.279. The van der Waals surface area contributed by atoms with Crippen LogP contribution in [0.2, 0.25) is 0 Å². The molecule has 0 aromatic heterocycles. The van der Waals surface area contributed by atoms with E-state index in [0.717, 1.165) is 25.3 Å². The van der Waals surface area contributed by atoms with Crippen LogP contribution in [0.25, 0.3) is 0 Å². The van der Waals surface area contributed by atoms with Gasteiger partial charge in [-0.1, -0.05) is 13.8 Å². The summed E-state index contributed by atoms with van der Waals surface area (Å²) in [7, 11) is -3.71. The number of nitrogen functional groups attached to an aromatic ring is 1. The van der Waals surface area contributed by atoms with Crippen molar-refractivity contribution >= 4 is 15.7 Å². The van der Waals surface area contributed by atoms with Crippen LogP contribution in [0, 0.1) is 11.2 Å². The number of halogens is 1. The summed E-state index contributed by atoms with van der Waals surface area (Å²) in [5, 5.41) is 0. The Kier molecular flexibility index (Phi) is 4.07. The summed E-state index contributed by atoms with van der Waals surface area (Å²) in [6, 6.07) is 3.47. The Hall–Kier alpha value is -1.14. The number of benzene rings is 1. The summed E-state index contributed by atoms with van der Waals surface area (Å²) >= 11 is 0. The minimum atomic E-state index is -3.71. The van der Waals surface area contributed by atoms with Gasteiger partial charge in [0.05, 0.1) is 5.69 Å². The number of sulfonamides is 1. The van der Waals surface area contributed by atoms with Gasteiger partial charge in [0.15, 0.2) is 0 Å². The fourth-order valence-corrected chi connectivity index (χ4v) is 4.48. The van der Waals surface area contributed by atoms with Crippen molar-refractivity contribution in [3.63, 3.8) is 0 Å². The zero-order valence-corrected chi connectivity index (χ0v) is 12.7. The van der Waals surface area contributed by atoms with Gasteiger partial charge < -0.3 is 5.73 Å². The molecule has 1 heterocycles. The molecular formula is C14H21FN2O2S. The monoisotopic (exact) mass is 300 g/mol. The van der Waals surface area contributed by atoms with E-state index in [1.54, 1.807) is 0 Å². The summed E-state index contributed by atoms with van der Waals surface area (Å²) < 4.78 is 40.0. The fourth-order valence-electron chi connectivity index (χ4n) is 2.80. The van der Waals surface area contributed by atoms with Crippen molar-refractivity contribution in [2.45, 2.75) is 38.0 Å². The van der Waals surface area contributed by atoms with Gasteiger partial charge in [0.2, 0.25) is 10.0 Å². The van der Waals surface area contributed by atoms with Crippen LogP contribution in [-0.4, -0.2) is 25.8 Å². The van der Waals surface area contributed by atoms with E-state index in [9.17, 15) is 12.8 Å². The molecule has 1 aromatic rings. The van der Waals surface area contributed by atoms with Gasteiger partial charge in [-0.15, -0.1) is 0 Å². The first-order chi connectivity index (χ1) is 9.34. The van der Waals surface area contributed by atoms with Gasteiger partial charge in [-0.2, -0.15) is 4.31 Å². The molecule has 112 valence electrons. The molecule has 1 fully saturated rings. The largest absolute Gasteiger partial charge is 0.398 e. The topological polar surface area (TPSA) is 63.4 Å². The predicted octanol–water partition coefficient (Wildman–Crippen LogP) is 2.61. The van der Waals surface area contributed by atoms with Gasteiger partial charge in [-0.05, 0) is 42.9 Å². The van der Waals surface area contributed by atoms with Gasteiger partial charge in [0, 0.05) is 13.1 Å². The average Bonchev–Trinajstić information content (AvgIpc) is 2.87. The van der Waals surface area contributed by atoms with Gasteiger partial charge in [0.1, 0.15) is 10.7 Å². The molecule has 1 aromatic carbocycles. The number of nitrogens with two attached hydrogens (primary N) is 1. The van der Waals surface area contributed by atoms with E-state index in [-0.39, 0.29) is 16.0 Å². The first-order valence-electron chi connectivity index (χ1n) is 6.90. The summed E-state index contributed by atoms with van der Waals surface area (Å²) in [5.41, 5.74) is 5.83. The van der Waals surface area contributed by atoms with Crippen LogP contribution in [0.15, 0.2) is 23.1 Å². The quantitative estimate of drug-likeness (QED) is 0.869. The van der Waals surface area contributed by atoms with Crippen LogP contribution < -0.4 is 5.73 Å². The average molecular weight is 300 g/mol. The van der Waals surface area contributed by atoms with E-state index in [4.69, 9.17) is 5.73 Å². The van der Waals surface area contributed by atoms with E-state index < -0.39 is 15.8 Å². The Morgan fingerprint density at radius 3 is 2.55 bits per heavy atom. The molecule has 1 aliphatic heterocycles. The van der Waals surface area contributed by atoms with Crippen LogP contribution in [-0.2, 0) is 10.0 Å². The van der Waals surface area contributed by atoms with Crippen molar-refractivity contribution in [3.05, 3.63) is 24.0 Å². The van der Waals surface area contributed by atoms with Crippen LogP contribution in [0.3, 0.4) is 0 Å². The maximum Gasteiger partial charge on any atom is 0.245 e. The van der Waals surface area contributed by atoms with E-state index in [1.165, 1.54) is 16.4 Å². The molecule has 0 unspecified atom stereocenters. The minimum absolute atomic E-state index is 0.0369. The number of rotatable bonds is 4. The Labute approximate surface area is 119 Å². The SMILES string of the molecule is CCC1(CC)CCN(S(=O)(=O)c2cc(F)ccc2N)C1. The minimum Gasteiger partial charge on any atom is -0.398 e. The third-order valence-electron chi connectivity index (χ3n) is 4.50. The van der Waals surface area contributed by atoms with Crippen LogP contribution in [0.5, 0.6) is 0 Å². The second-order valence-electron chi connectivity index (χ2n) is 5.48. The van der Waals surface area contributed by atoms with E-state index in [1.807, 2.05) is 0 Å². The highest BCUT2D eigenvalue weighted by atomic mass is 32.2. The van der Waals surface area contributed by atoms with E-state index in [0.29, 0.717) is 13.1 Å². The summed E-state index contributed by atoms with van der Waals surface area (Å²) in [6.07, 6.45) is 2.72. The van der Waals surface area contributed by atoms with Crippen molar-refractivity contribution in [2.75, 3.05) is 18.8 Å². The van der Waals surface area contributed by atoms with Crippen molar-refractivity contribution in [1.82, 2.24) is 4.31 Å². The predicted molar refractivity (Wildman–Crippen MR) is 77.2 cm³/mol. The van der Waals surface area contributed by atoms with Gasteiger partial charge in [0.25, 0.3) is 0 Å². The van der Waals surface area contributed by atoms with E-state index >= 15 is 0 Å². The Bertz CT molecular complexity index is 597. The van der Waals surface area contributed by atoms with E-state index in [2.05, 4.69) is 13.8 Å². The number of anilines is 1. The zero-order chi connectivity index (χ0) is 15.0. The molecule has 0 amide bonds. The van der Waals surface area contributed by atoms with Gasteiger partial charge in [-0.25, -0.2) is 12.8 Å². The van der Waals surface area contributed by atoms with Crippen molar-refractivity contribution < 1.29 is 12.8 Å². The molecule has 1 aliphatic rings. The number of nitrogens with zero attached hydrogens (tertiary/aromatic N) is 1. The normalized spacial score (nSPS) is 19.4. The molecule has 0 aliphatic carbocycles. The molecule has 0 bridgehead atoms. The van der Waals surface area contributed by atoms with Crippen molar-refractivity contribution in [2.24, 2.45) is 5.41 Å². The maximum atomic E-state index is 13.3. The van der Waals surface area contributed by atoms with Crippen LogP contribution in [0.1, 0.15) is 33.1 Å². The maximum absolute atomic E-state index is 13.3. The highest BCUT2D eigenvalue weighted by molar-refractivity contribution is 7.89. The van der Waals surface area contributed by atoms with Crippen LogP contribution >= 0.6 is 0 Å². The summed E-state index contributed by atoms with van der Waals surface area (Å²) in [6.45, 7) is 5.12. The third kappa shape index (κ3) is 2.54. The molecule has 0 radical (unpaired) electrons. The Morgan fingerprint density at radius 1 is 1.35 bits per heavy atom. The molecule has 1 saturated heterocycles. The first kappa shape index (κ1) is 15.3. The fraction of sp³-hybridized carbons (Fsp3) is 0.571. The molecule has 20 heavy (non-hydrogen) atoms. The van der Waals surface area contributed by atoms with Crippen LogP contribution in [0.4, 0.5) is 10.1 Å². The third-order valence-corrected chi connectivity index (χ3v) is 6.40. The first-order valence-corrected chi connectivity index (χ1v) is 8.34. The zero-order valence-electron chi connectivity index (χ0n) is 11.9. The van der Waals surface area contributed by atoms with Crippen molar-refractivity contribution in [3.8, 4) is 0 Å². The van der Waals surface area contributed by atoms with Gasteiger partial charge in [-0.3, -0.25) is 0 Å². The van der Waals surface area contributed by atoms with Crippen molar-refractivity contribution in [1.29, 1.82) is 0 Å². The standard InChI is InChI=1S/C14H21FN2O2S/c1-3-14(4-2)7-8-17(10-14)20(18,19)13-9-11(15)5-6-12(13)16/h5-6,9H,3-4,7-8,10,16H2,1-2H3. The molecule has 4 nitrogen and oxygen atoms in total. The highest BCUT2D eigenvalue weighted by Crippen LogP contribution is 2.39. The Morgan fingerprint density at radius 2 is 2.00 bits per heavy atom. The smallest absolute Gasteiger partial charge is 0.245 e. The second kappa shape index (κ2) is 5.33. The lowest BCUT2D eigenvalue weighted by Gasteiger charge is -2.26. The van der Waals surface area contributed by atoms with Gasteiger partial charge >= 0.3 is 0 Å². The lowest BCUT2D eigenvalue weighted by Crippen LogP contribution is -2.32. The molecule has 0 saturated carbocycles. The Balaban J connectivity index is 2.35. The second-order valence-corrected chi connectivity index (χ2v) is 7.38. The molecule has 2 N–H and O–H groups in total. The summed E-state index contributed by atoms with van der Waals surface area (Å²) in [4.78, 5) is -0.125. The summed E-state index contributed by atoms with van der Waals surface area (Å²) in [5.74, 6) is -0.589. The molecule has 0 atom stereocenters. The molecular weight excluding hydrogens is 279 g/mol. The lowest BCUT2D eigenvalue weighted by atomic mass is 9.82. The molecule has 6 heteroatoms. The molecule has 2 rings (SSSR count). The molecule has 0 spiro atoms. The number of hydrogen-bond donors (Lipinski definition) is 1. The number of hydrogen-bond acceptors (Lipinski definition) is 3. The highest BCUT2D eigenvalue weighted by Gasteiger charge is 2.41.